The van der Waals surface area contributed by atoms with Crippen LogP contribution in [0, 0.1) is 6.92 Å². The normalized spacial score (nSPS) is 11.2. The summed E-state index contributed by atoms with van der Waals surface area (Å²) in [5.41, 5.74) is 0.264. The Morgan fingerprint density at radius 1 is 1.06 bits per heavy atom. The number of aryl methyl sites for hydroxylation is 1. The molecule has 0 saturated heterocycles. The molecule has 0 saturated carbocycles. The van der Waals surface area contributed by atoms with Gasteiger partial charge in [-0.25, -0.2) is 13.4 Å². The van der Waals surface area contributed by atoms with Crippen LogP contribution in [0.4, 0.5) is 16.8 Å². The molecule has 0 unspecified atom stereocenters. The van der Waals surface area contributed by atoms with E-state index in [1.165, 1.54) is 36.5 Å². The lowest BCUT2D eigenvalue weighted by molar-refractivity contribution is 0.100. The van der Waals surface area contributed by atoms with Crippen LogP contribution in [0.5, 0.6) is 0 Å². The number of carbonyl (C=O) groups is 2. The summed E-state index contributed by atoms with van der Waals surface area (Å²) in [6, 6.07) is 6.74. The van der Waals surface area contributed by atoms with Crippen molar-refractivity contribution in [2.45, 2.75) is 11.8 Å². The molecule has 4 rings (SSSR count). The van der Waals surface area contributed by atoms with Crippen LogP contribution in [0.3, 0.4) is 0 Å². The molecule has 0 bridgehead atoms. The van der Waals surface area contributed by atoms with Gasteiger partial charge in [-0.1, -0.05) is 5.16 Å². The number of oxazole rings is 1. The fourth-order valence-corrected chi connectivity index (χ4v) is 4.22. The van der Waals surface area contributed by atoms with Crippen LogP contribution in [-0.2, 0) is 10.0 Å². The van der Waals surface area contributed by atoms with E-state index in [9.17, 15) is 18.0 Å². The van der Waals surface area contributed by atoms with E-state index in [1.54, 1.807) is 12.3 Å². The number of rotatable bonds is 7. The van der Waals surface area contributed by atoms with E-state index in [1.807, 2.05) is 0 Å². The van der Waals surface area contributed by atoms with Gasteiger partial charge >= 0.3 is 6.01 Å². The summed E-state index contributed by atoms with van der Waals surface area (Å²) in [4.78, 5) is 32.2. The lowest BCUT2D eigenvalue weighted by Gasteiger charge is -2.07. The van der Waals surface area contributed by atoms with Crippen LogP contribution in [-0.4, -0.2) is 35.4 Å². The minimum atomic E-state index is -3.80. The molecule has 12 nitrogen and oxygen atoms in total. The molecule has 3 heterocycles. The first-order valence-electron chi connectivity index (χ1n) is 8.84. The Balaban J connectivity index is 1.38. The second-order valence-electron chi connectivity index (χ2n) is 6.24. The molecular formula is C18H14N6O6S2. The standard InChI is InChI=1S/C18H14N6O6S2/c1-10-8-13(23-30-10)15(25)22-17-21-14(9-29-17)16(26)20-11-2-4-12(5-3-11)32(27,28)24-18-19-6-7-31-18/h2-9H,1H3,(H,19,24)(H,20,26)(H,21,22,25). The number of aromatic nitrogens is 3. The summed E-state index contributed by atoms with van der Waals surface area (Å²) < 4.78 is 37.0. The molecule has 0 aliphatic heterocycles. The van der Waals surface area contributed by atoms with E-state index < -0.39 is 21.8 Å². The Bertz CT molecular complexity index is 1360. The maximum atomic E-state index is 12.4. The number of benzene rings is 1. The van der Waals surface area contributed by atoms with Crippen LogP contribution < -0.4 is 15.4 Å². The van der Waals surface area contributed by atoms with Gasteiger partial charge in [0.25, 0.3) is 21.8 Å². The smallest absolute Gasteiger partial charge is 0.302 e. The molecule has 0 aliphatic carbocycles. The summed E-state index contributed by atoms with van der Waals surface area (Å²) >= 11 is 1.15. The van der Waals surface area contributed by atoms with Crippen molar-refractivity contribution < 1.29 is 26.9 Å². The van der Waals surface area contributed by atoms with Gasteiger partial charge in [0.2, 0.25) is 0 Å². The van der Waals surface area contributed by atoms with Crippen LogP contribution in [0.25, 0.3) is 0 Å². The fourth-order valence-electron chi connectivity index (χ4n) is 2.43. The number of nitrogens with zero attached hydrogens (tertiary/aromatic N) is 3. The molecule has 1 aromatic carbocycles. The zero-order valence-electron chi connectivity index (χ0n) is 16.2. The molecule has 32 heavy (non-hydrogen) atoms. The summed E-state index contributed by atoms with van der Waals surface area (Å²) in [5, 5.41) is 10.4. The topological polar surface area (TPSA) is 169 Å². The number of carbonyl (C=O) groups excluding carboxylic acids is 2. The quantitative estimate of drug-likeness (QED) is 0.364. The van der Waals surface area contributed by atoms with Crippen molar-refractivity contribution in [3.63, 3.8) is 0 Å². The van der Waals surface area contributed by atoms with Crippen LogP contribution in [0.1, 0.15) is 26.7 Å². The molecule has 0 fully saturated rings. The SMILES string of the molecule is Cc1cc(C(=O)Nc2nc(C(=O)Nc3ccc(S(=O)(=O)Nc4nccs4)cc3)co2)no1. The molecule has 0 spiro atoms. The molecule has 4 aromatic rings. The van der Waals surface area contributed by atoms with E-state index in [-0.39, 0.29) is 27.4 Å². The highest BCUT2D eigenvalue weighted by atomic mass is 32.2. The van der Waals surface area contributed by atoms with Crippen molar-refractivity contribution in [2.75, 3.05) is 15.4 Å². The molecule has 0 radical (unpaired) electrons. The van der Waals surface area contributed by atoms with Crippen molar-refractivity contribution in [3.05, 3.63) is 65.3 Å². The van der Waals surface area contributed by atoms with E-state index in [0.717, 1.165) is 17.6 Å². The number of sulfonamides is 1. The molecule has 0 atom stereocenters. The maximum absolute atomic E-state index is 12.4. The van der Waals surface area contributed by atoms with Crippen molar-refractivity contribution in [3.8, 4) is 0 Å². The van der Waals surface area contributed by atoms with Gasteiger partial charge in [-0.15, -0.1) is 11.3 Å². The van der Waals surface area contributed by atoms with Gasteiger partial charge in [-0.2, -0.15) is 4.98 Å². The number of hydrogen-bond acceptors (Lipinski definition) is 10. The van der Waals surface area contributed by atoms with Gasteiger partial charge < -0.3 is 14.3 Å². The largest absolute Gasteiger partial charge is 0.431 e. The van der Waals surface area contributed by atoms with E-state index in [4.69, 9.17) is 8.94 Å². The first-order valence-corrected chi connectivity index (χ1v) is 11.2. The summed E-state index contributed by atoms with van der Waals surface area (Å²) in [5.74, 6) is -0.776. The first kappa shape index (κ1) is 21.2. The molecule has 2 amide bonds. The van der Waals surface area contributed by atoms with E-state index >= 15 is 0 Å². The first-order chi connectivity index (χ1) is 15.3. The summed E-state index contributed by atoms with van der Waals surface area (Å²) in [7, 11) is -3.80. The maximum Gasteiger partial charge on any atom is 0.302 e. The highest BCUT2D eigenvalue weighted by Gasteiger charge is 2.18. The third-order valence-electron chi connectivity index (χ3n) is 3.89. The van der Waals surface area contributed by atoms with Crippen molar-refractivity contribution in [1.29, 1.82) is 0 Å². The number of amides is 2. The van der Waals surface area contributed by atoms with Crippen molar-refractivity contribution in [1.82, 2.24) is 15.1 Å². The Morgan fingerprint density at radius 3 is 2.47 bits per heavy atom. The average Bonchev–Trinajstić information content (AvgIpc) is 3.51. The zero-order valence-corrected chi connectivity index (χ0v) is 17.9. The van der Waals surface area contributed by atoms with Gasteiger partial charge in [-0.3, -0.25) is 19.6 Å². The molecule has 3 aromatic heterocycles. The van der Waals surface area contributed by atoms with Gasteiger partial charge in [0, 0.05) is 23.3 Å². The van der Waals surface area contributed by atoms with Crippen LogP contribution in [0.15, 0.2) is 62.0 Å². The Kier molecular flexibility index (Phi) is 5.70. The minimum Gasteiger partial charge on any atom is -0.431 e. The second-order valence-corrected chi connectivity index (χ2v) is 8.81. The Labute approximate surface area is 184 Å². The Morgan fingerprint density at radius 2 is 1.81 bits per heavy atom. The molecule has 3 N–H and O–H groups in total. The predicted molar refractivity (Wildman–Crippen MR) is 113 cm³/mol. The van der Waals surface area contributed by atoms with Crippen LogP contribution >= 0.6 is 11.3 Å². The molecular weight excluding hydrogens is 460 g/mol. The van der Waals surface area contributed by atoms with Gasteiger partial charge in [0.15, 0.2) is 16.5 Å². The zero-order chi connectivity index (χ0) is 22.7. The summed E-state index contributed by atoms with van der Waals surface area (Å²) in [6.45, 7) is 1.64. The average molecular weight is 474 g/mol. The molecule has 164 valence electrons. The lowest BCUT2D eigenvalue weighted by Crippen LogP contribution is -2.15. The summed E-state index contributed by atoms with van der Waals surface area (Å²) in [6.07, 6.45) is 2.55. The number of thiazole rings is 1. The molecule has 14 heteroatoms. The fraction of sp³-hybridized carbons (Fsp3) is 0.0556. The third kappa shape index (κ3) is 4.81. The second kappa shape index (κ2) is 8.60. The van der Waals surface area contributed by atoms with E-state index in [0.29, 0.717) is 11.4 Å². The minimum absolute atomic E-state index is 0.000210. The highest BCUT2D eigenvalue weighted by Crippen LogP contribution is 2.20. The monoisotopic (exact) mass is 474 g/mol. The van der Waals surface area contributed by atoms with Crippen LogP contribution in [0.2, 0.25) is 0 Å². The van der Waals surface area contributed by atoms with Crippen molar-refractivity contribution >= 4 is 50.0 Å². The number of hydrogen-bond donors (Lipinski definition) is 3. The predicted octanol–water partition coefficient (Wildman–Crippen LogP) is 2.73. The molecule has 0 aliphatic rings. The van der Waals surface area contributed by atoms with Gasteiger partial charge in [-0.05, 0) is 31.2 Å². The van der Waals surface area contributed by atoms with Gasteiger partial charge in [0.1, 0.15) is 12.0 Å². The third-order valence-corrected chi connectivity index (χ3v) is 6.07. The number of anilines is 3. The van der Waals surface area contributed by atoms with E-state index in [2.05, 4.69) is 30.5 Å². The number of nitrogens with one attached hydrogen (secondary N) is 3. The Hall–Kier alpha value is -4.04. The van der Waals surface area contributed by atoms with Gasteiger partial charge in [0.05, 0.1) is 4.90 Å². The lowest BCUT2D eigenvalue weighted by atomic mass is 10.3. The highest BCUT2D eigenvalue weighted by molar-refractivity contribution is 7.93. The van der Waals surface area contributed by atoms with Crippen molar-refractivity contribution in [2.24, 2.45) is 0 Å².